The van der Waals surface area contributed by atoms with E-state index in [1.165, 1.54) is 33.6 Å². The maximum absolute atomic E-state index is 14.9. The first-order valence-corrected chi connectivity index (χ1v) is 19.5. The molecule has 0 unspecified atom stereocenters. The number of hydrogen-bond donors (Lipinski definition) is 1. The summed E-state index contributed by atoms with van der Waals surface area (Å²) in [6, 6.07) is 15.5. The number of aliphatic hydroxyl groups is 1. The number of rotatable bonds is 16. The number of pyridine rings is 2. The summed E-state index contributed by atoms with van der Waals surface area (Å²) in [4.78, 5) is 18.4. The molecule has 20 heteroatoms. The van der Waals surface area contributed by atoms with E-state index in [4.69, 9.17) is 14.8 Å². The van der Waals surface area contributed by atoms with Gasteiger partial charge in [0.05, 0.1) is 17.7 Å². The molecule has 0 atom stereocenters. The largest absolute Gasteiger partial charge is 0.396 e. The molecule has 6 aromatic heterocycles. The van der Waals surface area contributed by atoms with Crippen molar-refractivity contribution in [1.29, 1.82) is 0 Å². The molecule has 2 aromatic carbocycles. The molecule has 0 spiro atoms. The molecule has 0 amide bonds. The van der Waals surface area contributed by atoms with Crippen LogP contribution in [0.2, 0.25) is 0 Å². The summed E-state index contributed by atoms with van der Waals surface area (Å²) in [5.41, 5.74) is 3.13. The zero-order chi connectivity index (χ0) is 43.6. The van der Waals surface area contributed by atoms with Crippen LogP contribution in [0, 0.1) is 23.3 Å². The summed E-state index contributed by atoms with van der Waals surface area (Å²) >= 11 is 0. The van der Waals surface area contributed by atoms with Crippen LogP contribution in [0.3, 0.4) is 0 Å². The van der Waals surface area contributed by atoms with E-state index in [1.807, 2.05) is 0 Å². The predicted octanol–water partition coefficient (Wildman–Crippen LogP) is 7.09. The van der Waals surface area contributed by atoms with E-state index >= 15 is 0 Å². The topological polar surface area (TPSA) is 175 Å². The summed E-state index contributed by atoms with van der Waals surface area (Å²) in [7, 11) is 0. The SMILES string of the molecule is C/C(=N\OCCCCF)c1ccc2nnc(Cc3c(F)cc4ncccc4c3F)n2n1.C/C(=N\OCCCCO)c1ccc2nnc(Cc3c(F)cc4ncccc4c3F)n2n1. The fourth-order valence-electron chi connectivity index (χ4n) is 6.22. The maximum atomic E-state index is 14.9. The van der Waals surface area contributed by atoms with Crippen LogP contribution in [0.15, 0.2) is 83.4 Å². The number of aliphatic hydroxyl groups excluding tert-OH is 1. The van der Waals surface area contributed by atoms with Gasteiger partial charge in [-0.25, -0.2) is 17.6 Å². The Hall–Kier alpha value is -7.09. The number of oxime groups is 2. The summed E-state index contributed by atoms with van der Waals surface area (Å²) in [6.45, 7) is 3.85. The standard InChI is InChI=1S/C21H19F3N6O.C21H20F2N6O2/c1-13(29-31-10-3-2-8-22)17-6-7-19-26-27-20(30(19)28-17)11-15-16(23)12-18-14(21(15)24)5-4-9-25-18;1-13(28-31-10-3-2-9-30)17-6-7-19-25-26-20(29(19)27-17)11-15-16(22)12-18-14(21(15)23)5-4-8-24-18/h4-7,9,12H,2-3,8,10-11H2,1H3;4-8,12,30H,2-3,9-11H2,1H3/b29-13+;28-13+. The van der Waals surface area contributed by atoms with Gasteiger partial charge in [0.1, 0.15) is 59.3 Å². The molecule has 0 aliphatic carbocycles. The number of benzene rings is 2. The van der Waals surface area contributed by atoms with Gasteiger partial charge in [-0.1, -0.05) is 10.3 Å². The van der Waals surface area contributed by atoms with E-state index in [9.17, 15) is 22.0 Å². The number of hydrogen-bond acceptors (Lipinski definition) is 13. The van der Waals surface area contributed by atoms with Gasteiger partial charge in [-0.3, -0.25) is 14.4 Å². The molecule has 0 bridgehead atoms. The fraction of sp³-hybridized carbons (Fsp3) is 0.286. The molecule has 0 radical (unpaired) electrons. The Morgan fingerprint density at radius 2 is 1.10 bits per heavy atom. The molecule has 6 heterocycles. The number of fused-ring (bicyclic) bond motifs is 4. The van der Waals surface area contributed by atoms with Crippen LogP contribution >= 0.6 is 0 Å². The van der Waals surface area contributed by atoms with E-state index in [1.54, 1.807) is 62.4 Å². The van der Waals surface area contributed by atoms with Gasteiger partial charge < -0.3 is 14.8 Å². The lowest BCUT2D eigenvalue weighted by Crippen LogP contribution is -2.08. The van der Waals surface area contributed by atoms with E-state index in [-0.39, 0.29) is 64.0 Å². The smallest absolute Gasteiger partial charge is 0.177 e. The molecule has 0 saturated carbocycles. The van der Waals surface area contributed by atoms with Crippen LogP contribution in [0.1, 0.15) is 73.7 Å². The Balaban J connectivity index is 0.000000186. The second-order valence-corrected chi connectivity index (χ2v) is 13.9. The minimum atomic E-state index is -0.712. The molecule has 320 valence electrons. The molecule has 0 saturated heterocycles. The summed E-state index contributed by atoms with van der Waals surface area (Å²) in [6.07, 6.45) is 5.00. The second kappa shape index (κ2) is 20.0. The number of unbranched alkanes of at least 4 members (excludes halogenated alkanes) is 2. The summed E-state index contributed by atoms with van der Waals surface area (Å²) in [5, 5.41) is 42.3. The van der Waals surface area contributed by atoms with Crippen molar-refractivity contribution in [2.75, 3.05) is 26.5 Å². The monoisotopic (exact) mass is 854 g/mol. The highest BCUT2D eigenvalue weighted by atomic mass is 19.1. The van der Waals surface area contributed by atoms with Crippen LogP contribution in [-0.4, -0.2) is 92.6 Å². The lowest BCUT2D eigenvalue weighted by Gasteiger charge is -2.07. The van der Waals surface area contributed by atoms with Crippen molar-refractivity contribution in [2.24, 2.45) is 10.3 Å². The molecule has 0 aliphatic rings. The Labute approximate surface area is 349 Å². The lowest BCUT2D eigenvalue weighted by atomic mass is 10.1. The van der Waals surface area contributed by atoms with Gasteiger partial charge in [0.2, 0.25) is 0 Å². The van der Waals surface area contributed by atoms with Crippen molar-refractivity contribution < 1.29 is 36.7 Å². The molecule has 8 aromatic rings. The van der Waals surface area contributed by atoms with E-state index in [0.717, 1.165) is 0 Å². The normalized spacial score (nSPS) is 12.1. The van der Waals surface area contributed by atoms with Crippen molar-refractivity contribution in [2.45, 2.75) is 52.4 Å². The Kier molecular flexibility index (Phi) is 13.9. The minimum absolute atomic E-state index is 0.107. The van der Waals surface area contributed by atoms with E-state index < -0.39 is 29.9 Å². The first kappa shape index (κ1) is 43.0. The van der Waals surface area contributed by atoms with Gasteiger partial charge in [-0.2, -0.15) is 19.2 Å². The second-order valence-electron chi connectivity index (χ2n) is 13.9. The molecule has 0 fully saturated rings. The molecule has 15 nitrogen and oxygen atoms in total. The van der Waals surface area contributed by atoms with Crippen molar-refractivity contribution in [3.05, 3.63) is 130 Å². The van der Waals surface area contributed by atoms with Crippen LogP contribution < -0.4 is 0 Å². The Morgan fingerprint density at radius 1 is 0.629 bits per heavy atom. The Morgan fingerprint density at radius 3 is 1.55 bits per heavy atom. The molecule has 62 heavy (non-hydrogen) atoms. The molecular formula is C42H39F5N12O3. The molecule has 8 rings (SSSR count). The summed E-state index contributed by atoms with van der Waals surface area (Å²) < 4.78 is 74.1. The number of alkyl halides is 1. The van der Waals surface area contributed by atoms with Gasteiger partial charge >= 0.3 is 0 Å². The zero-order valence-corrected chi connectivity index (χ0v) is 33.5. The van der Waals surface area contributed by atoms with Gasteiger partial charge in [-0.05, 0) is 88.1 Å². The summed E-state index contributed by atoms with van der Waals surface area (Å²) in [5.74, 6) is -2.22. The van der Waals surface area contributed by atoms with Crippen LogP contribution in [0.5, 0.6) is 0 Å². The first-order valence-electron chi connectivity index (χ1n) is 19.5. The van der Waals surface area contributed by atoms with Crippen molar-refractivity contribution in [3.8, 4) is 0 Å². The molecule has 0 aliphatic heterocycles. The molecule has 1 N–H and O–H groups in total. The number of nitrogens with zero attached hydrogens (tertiary/aromatic N) is 12. The Bertz CT molecular complexity index is 2710. The van der Waals surface area contributed by atoms with Gasteiger partial charge in [0, 0.05) is 65.9 Å². The quantitative estimate of drug-likeness (QED) is 0.0455. The van der Waals surface area contributed by atoms with Crippen molar-refractivity contribution >= 4 is 44.5 Å². The average Bonchev–Trinajstić information content (AvgIpc) is 3.89. The average molecular weight is 855 g/mol. The zero-order valence-electron chi connectivity index (χ0n) is 33.5. The van der Waals surface area contributed by atoms with E-state index in [0.29, 0.717) is 73.0 Å². The third-order valence-corrected chi connectivity index (χ3v) is 9.52. The minimum Gasteiger partial charge on any atom is -0.396 e. The predicted molar refractivity (Wildman–Crippen MR) is 218 cm³/mol. The third kappa shape index (κ3) is 9.75. The van der Waals surface area contributed by atoms with Crippen molar-refractivity contribution in [3.63, 3.8) is 0 Å². The van der Waals surface area contributed by atoms with Gasteiger partial charge in [-0.15, -0.1) is 20.4 Å². The number of aromatic nitrogens is 10. The number of halogens is 5. The van der Waals surface area contributed by atoms with Crippen LogP contribution in [0.25, 0.3) is 33.1 Å². The molecular weight excluding hydrogens is 816 g/mol. The highest BCUT2D eigenvalue weighted by Gasteiger charge is 2.20. The highest BCUT2D eigenvalue weighted by molar-refractivity contribution is 5.97. The van der Waals surface area contributed by atoms with Gasteiger partial charge in [0.25, 0.3) is 0 Å². The van der Waals surface area contributed by atoms with Gasteiger partial charge in [0.15, 0.2) is 22.9 Å². The van der Waals surface area contributed by atoms with Crippen LogP contribution in [0.4, 0.5) is 22.0 Å². The third-order valence-electron chi connectivity index (χ3n) is 9.52. The highest BCUT2D eigenvalue weighted by Crippen LogP contribution is 2.26. The van der Waals surface area contributed by atoms with Crippen molar-refractivity contribution in [1.82, 2.24) is 49.6 Å². The van der Waals surface area contributed by atoms with Crippen LogP contribution in [-0.2, 0) is 22.5 Å². The lowest BCUT2D eigenvalue weighted by molar-refractivity contribution is 0.134. The maximum Gasteiger partial charge on any atom is 0.177 e. The first-order chi connectivity index (χ1) is 30.2. The fourth-order valence-corrected chi connectivity index (χ4v) is 6.22. The van der Waals surface area contributed by atoms with E-state index in [2.05, 4.69) is 50.9 Å².